The van der Waals surface area contributed by atoms with Crippen molar-refractivity contribution >= 4 is 17.6 Å². The normalized spacial score (nSPS) is 16.5. The average molecular weight is 415 g/mol. The molecule has 3 heterocycles. The van der Waals surface area contributed by atoms with Gasteiger partial charge in [-0.3, -0.25) is 4.79 Å². The standard InChI is InChI=1S/C20H26FN7O2/c1-12-15(20(22)27-23-2)4-5-17(25-12)26-14-6-7-28(11-14)19(29)9-13-8-18(30-3)24-10-16(13)21/h4-5,8,10,14,23H,6-7,9,11H2,1-3H3,(H2,22,27)(H,25,26). The largest absolute Gasteiger partial charge is 0.481 e. The first-order chi connectivity index (χ1) is 14.4. The number of hydrogen-bond donors (Lipinski definition) is 3. The summed E-state index contributed by atoms with van der Waals surface area (Å²) in [4.78, 5) is 22.7. The summed E-state index contributed by atoms with van der Waals surface area (Å²) >= 11 is 0. The highest BCUT2D eigenvalue weighted by Crippen LogP contribution is 2.19. The van der Waals surface area contributed by atoms with Crippen molar-refractivity contribution in [1.82, 2.24) is 20.3 Å². The van der Waals surface area contributed by atoms with Gasteiger partial charge in [-0.1, -0.05) is 0 Å². The van der Waals surface area contributed by atoms with E-state index in [0.29, 0.717) is 24.7 Å². The van der Waals surface area contributed by atoms with Gasteiger partial charge >= 0.3 is 0 Å². The number of nitrogens with zero attached hydrogens (tertiary/aromatic N) is 4. The molecule has 9 nitrogen and oxygen atoms in total. The van der Waals surface area contributed by atoms with Crippen LogP contribution in [0.15, 0.2) is 29.5 Å². The summed E-state index contributed by atoms with van der Waals surface area (Å²) in [5.41, 5.74) is 10.4. The number of likely N-dealkylation sites (tertiary alicyclic amines) is 1. The van der Waals surface area contributed by atoms with E-state index in [9.17, 15) is 9.18 Å². The van der Waals surface area contributed by atoms with Crippen LogP contribution in [0, 0.1) is 12.7 Å². The molecule has 1 fully saturated rings. The monoisotopic (exact) mass is 415 g/mol. The molecule has 0 aromatic carbocycles. The number of pyridine rings is 2. The molecule has 4 N–H and O–H groups in total. The van der Waals surface area contributed by atoms with Gasteiger partial charge in [0.25, 0.3) is 0 Å². The third-order valence-electron chi connectivity index (χ3n) is 4.95. The number of carbonyl (C=O) groups excluding carboxylic acids is 1. The number of amidine groups is 1. The predicted octanol–water partition coefficient (Wildman–Crippen LogP) is 1.03. The van der Waals surface area contributed by atoms with Gasteiger partial charge in [-0.25, -0.2) is 14.4 Å². The molecule has 0 aliphatic carbocycles. The van der Waals surface area contributed by atoms with Crippen molar-refractivity contribution < 1.29 is 13.9 Å². The maximum atomic E-state index is 14.0. The van der Waals surface area contributed by atoms with Crippen LogP contribution in [0.25, 0.3) is 0 Å². The zero-order valence-electron chi connectivity index (χ0n) is 17.3. The van der Waals surface area contributed by atoms with Gasteiger partial charge in [-0.05, 0) is 25.5 Å². The molecule has 1 aliphatic rings. The molecule has 1 unspecified atom stereocenters. The summed E-state index contributed by atoms with van der Waals surface area (Å²) in [5, 5.41) is 7.32. The van der Waals surface area contributed by atoms with Crippen molar-refractivity contribution in [3.05, 3.63) is 47.0 Å². The Morgan fingerprint density at radius 3 is 2.97 bits per heavy atom. The Bertz CT molecular complexity index is 951. The van der Waals surface area contributed by atoms with Crippen LogP contribution in [0.3, 0.4) is 0 Å². The van der Waals surface area contributed by atoms with Gasteiger partial charge in [0.2, 0.25) is 11.8 Å². The lowest BCUT2D eigenvalue weighted by atomic mass is 10.1. The molecule has 1 atom stereocenters. The van der Waals surface area contributed by atoms with Crippen LogP contribution in [0.4, 0.5) is 10.2 Å². The number of anilines is 1. The third kappa shape index (κ3) is 4.94. The lowest BCUT2D eigenvalue weighted by molar-refractivity contribution is -0.129. The van der Waals surface area contributed by atoms with Gasteiger partial charge in [0, 0.05) is 43.4 Å². The molecule has 30 heavy (non-hydrogen) atoms. The fraction of sp³-hybridized carbons (Fsp3) is 0.400. The van der Waals surface area contributed by atoms with Crippen molar-refractivity contribution in [3.63, 3.8) is 0 Å². The minimum Gasteiger partial charge on any atom is -0.481 e. The molecule has 1 amide bonds. The highest BCUT2D eigenvalue weighted by atomic mass is 19.1. The first-order valence-corrected chi connectivity index (χ1v) is 9.62. The van der Waals surface area contributed by atoms with Gasteiger partial charge in [0.15, 0.2) is 5.84 Å². The first-order valence-electron chi connectivity index (χ1n) is 9.62. The summed E-state index contributed by atoms with van der Waals surface area (Å²) in [6.07, 6.45) is 1.81. The number of nitrogens with one attached hydrogen (secondary N) is 2. The van der Waals surface area contributed by atoms with Gasteiger partial charge in [-0.15, -0.1) is 0 Å². The van der Waals surface area contributed by atoms with Crippen LogP contribution >= 0.6 is 0 Å². The van der Waals surface area contributed by atoms with Crippen LogP contribution in [0.1, 0.15) is 23.2 Å². The first kappa shape index (κ1) is 21.3. The fourth-order valence-corrected chi connectivity index (χ4v) is 3.39. The molecule has 0 radical (unpaired) electrons. The smallest absolute Gasteiger partial charge is 0.227 e. The molecule has 0 saturated carbocycles. The van der Waals surface area contributed by atoms with E-state index in [4.69, 9.17) is 10.5 Å². The number of amides is 1. The van der Waals surface area contributed by atoms with E-state index in [-0.39, 0.29) is 29.8 Å². The fourth-order valence-electron chi connectivity index (χ4n) is 3.39. The SMILES string of the molecule is CN/N=C(\N)c1ccc(NC2CCN(C(=O)Cc3cc(OC)ncc3F)C2)nc1C. The van der Waals surface area contributed by atoms with Crippen LogP contribution in [-0.4, -0.2) is 59.9 Å². The number of carbonyl (C=O) groups is 1. The second-order valence-electron chi connectivity index (χ2n) is 7.01. The quantitative estimate of drug-likeness (QED) is 0.351. The number of hydrazone groups is 1. The molecule has 0 spiro atoms. The molecule has 2 aromatic rings. The second kappa shape index (κ2) is 9.38. The van der Waals surface area contributed by atoms with E-state index < -0.39 is 5.82 Å². The summed E-state index contributed by atoms with van der Waals surface area (Å²) in [6, 6.07) is 5.21. The van der Waals surface area contributed by atoms with E-state index in [1.54, 1.807) is 11.9 Å². The van der Waals surface area contributed by atoms with Crippen molar-refractivity contribution in [2.24, 2.45) is 10.8 Å². The highest BCUT2D eigenvalue weighted by Gasteiger charge is 2.27. The Hall–Kier alpha value is -3.43. The van der Waals surface area contributed by atoms with Crippen LogP contribution in [-0.2, 0) is 11.2 Å². The van der Waals surface area contributed by atoms with Gasteiger partial charge < -0.3 is 26.1 Å². The Morgan fingerprint density at radius 2 is 2.27 bits per heavy atom. The molecule has 3 rings (SSSR count). The summed E-state index contributed by atoms with van der Waals surface area (Å²) in [6.45, 7) is 2.98. The minimum atomic E-state index is -0.515. The Morgan fingerprint density at radius 1 is 1.47 bits per heavy atom. The molecule has 0 bridgehead atoms. The van der Waals surface area contributed by atoms with E-state index in [1.807, 2.05) is 19.1 Å². The molecular weight excluding hydrogens is 389 g/mol. The summed E-state index contributed by atoms with van der Waals surface area (Å²) < 4.78 is 19.0. The van der Waals surface area contributed by atoms with Gasteiger partial charge in [0.05, 0.1) is 25.4 Å². The number of ether oxygens (including phenoxy) is 1. The van der Waals surface area contributed by atoms with E-state index in [2.05, 4.69) is 25.8 Å². The van der Waals surface area contributed by atoms with Crippen LogP contribution in [0.2, 0.25) is 0 Å². The van der Waals surface area contributed by atoms with Crippen molar-refractivity contribution in [2.45, 2.75) is 25.8 Å². The third-order valence-corrected chi connectivity index (χ3v) is 4.95. The number of hydrogen-bond acceptors (Lipinski definition) is 7. The molecule has 1 saturated heterocycles. The Labute approximate surface area is 174 Å². The Kier molecular flexibility index (Phi) is 6.65. The average Bonchev–Trinajstić information content (AvgIpc) is 3.18. The number of aryl methyl sites for hydroxylation is 1. The zero-order valence-corrected chi connectivity index (χ0v) is 17.3. The predicted molar refractivity (Wildman–Crippen MR) is 112 cm³/mol. The highest BCUT2D eigenvalue weighted by molar-refractivity contribution is 5.98. The number of halogens is 1. The number of methoxy groups -OCH3 is 1. The molecular formula is C20H26FN7O2. The van der Waals surface area contributed by atoms with Crippen molar-refractivity contribution in [1.29, 1.82) is 0 Å². The number of rotatable bonds is 7. The summed E-state index contributed by atoms with van der Waals surface area (Å²) in [7, 11) is 3.13. The van der Waals surface area contributed by atoms with Crippen molar-refractivity contribution in [3.8, 4) is 5.88 Å². The number of aromatic nitrogens is 2. The minimum absolute atomic E-state index is 0.0342. The maximum absolute atomic E-state index is 14.0. The molecule has 1 aliphatic heterocycles. The van der Waals surface area contributed by atoms with E-state index >= 15 is 0 Å². The number of nitrogens with two attached hydrogens (primary N) is 1. The molecule has 2 aromatic heterocycles. The second-order valence-corrected chi connectivity index (χ2v) is 7.01. The van der Waals surface area contributed by atoms with Crippen LogP contribution in [0.5, 0.6) is 5.88 Å². The maximum Gasteiger partial charge on any atom is 0.227 e. The van der Waals surface area contributed by atoms with Crippen molar-refractivity contribution in [2.75, 3.05) is 32.6 Å². The zero-order chi connectivity index (χ0) is 21.7. The van der Waals surface area contributed by atoms with Gasteiger partial charge in [0.1, 0.15) is 11.6 Å². The molecule has 160 valence electrons. The van der Waals surface area contributed by atoms with E-state index in [1.165, 1.54) is 13.2 Å². The Balaban J connectivity index is 1.60. The van der Waals surface area contributed by atoms with E-state index in [0.717, 1.165) is 23.9 Å². The van der Waals surface area contributed by atoms with Crippen LogP contribution < -0.4 is 21.2 Å². The van der Waals surface area contributed by atoms with Gasteiger partial charge in [-0.2, -0.15) is 5.10 Å². The summed E-state index contributed by atoms with van der Waals surface area (Å²) in [5.74, 6) is 0.704. The lowest BCUT2D eigenvalue weighted by Crippen LogP contribution is -2.33. The topological polar surface area (TPSA) is 118 Å². The lowest BCUT2D eigenvalue weighted by Gasteiger charge is -2.18. The molecule has 10 heteroatoms.